The number of hydrogen-bond acceptors (Lipinski definition) is 3. The lowest BCUT2D eigenvalue weighted by Gasteiger charge is -2.23. The molecule has 2 rings (SSSR count). The number of nitrogens with zero attached hydrogens (tertiary/aromatic N) is 1. The maximum absolute atomic E-state index is 9.92. The Labute approximate surface area is 120 Å². The lowest BCUT2D eigenvalue weighted by molar-refractivity contribution is 0.0972. The number of furan rings is 1. The highest BCUT2D eigenvalue weighted by atomic mass is 16.3. The Morgan fingerprint density at radius 3 is 2.45 bits per heavy atom. The zero-order valence-electron chi connectivity index (χ0n) is 12.2. The van der Waals surface area contributed by atoms with Gasteiger partial charge in [-0.2, -0.15) is 0 Å². The summed E-state index contributed by atoms with van der Waals surface area (Å²) in [5.74, 6) is 1.87. The van der Waals surface area contributed by atoms with Gasteiger partial charge in [0.25, 0.3) is 0 Å². The number of hydrogen-bond donors (Lipinski definition) is 1. The molecule has 0 aliphatic rings. The Hall–Kier alpha value is -1.58. The third-order valence-electron chi connectivity index (χ3n) is 3.36. The summed E-state index contributed by atoms with van der Waals surface area (Å²) in [4.78, 5) is 2.22. The summed E-state index contributed by atoms with van der Waals surface area (Å²) in [7, 11) is 0. The lowest BCUT2D eigenvalue weighted by atomic mass is 10.2. The van der Waals surface area contributed by atoms with Gasteiger partial charge in [-0.25, -0.2) is 0 Å². The van der Waals surface area contributed by atoms with Crippen molar-refractivity contribution < 1.29 is 9.52 Å². The van der Waals surface area contributed by atoms with E-state index in [0.29, 0.717) is 6.54 Å². The van der Waals surface area contributed by atoms with Crippen molar-refractivity contribution in [3.05, 3.63) is 59.5 Å². The van der Waals surface area contributed by atoms with Gasteiger partial charge in [0, 0.05) is 13.1 Å². The summed E-state index contributed by atoms with van der Waals surface area (Å²) >= 11 is 0. The molecule has 0 bridgehead atoms. The molecular weight excluding hydrogens is 250 g/mol. The molecule has 0 radical (unpaired) electrons. The van der Waals surface area contributed by atoms with E-state index in [1.807, 2.05) is 44.2 Å². The predicted octanol–water partition coefficient (Wildman–Crippen LogP) is 3.36. The van der Waals surface area contributed by atoms with E-state index in [1.165, 1.54) is 5.56 Å². The maximum atomic E-state index is 9.92. The first-order valence-electron chi connectivity index (χ1n) is 7.17. The second kappa shape index (κ2) is 7.27. The van der Waals surface area contributed by atoms with E-state index in [4.69, 9.17) is 4.42 Å². The Balaban J connectivity index is 2.03. The molecule has 0 saturated heterocycles. The van der Waals surface area contributed by atoms with Crippen LogP contribution in [0.2, 0.25) is 0 Å². The van der Waals surface area contributed by atoms with Crippen LogP contribution in [0, 0.1) is 6.92 Å². The Morgan fingerprint density at radius 1 is 1.10 bits per heavy atom. The van der Waals surface area contributed by atoms with Crippen LogP contribution in [0.1, 0.15) is 30.4 Å². The van der Waals surface area contributed by atoms with Crippen LogP contribution in [0.4, 0.5) is 0 Å². The number of benzene rings is 1. The summed E-state index contributed by atoms with van der Waals surface area (Å²) in [6, 6.07) is 14.3. The fourth-order valence-electron chi connectivity index (χ4n) is 2.24. The molecule has 1 aromatic heterocycles. The molecule has 0 amide bonds. The molecular formula is C17H23NO2. The summed E-state index contributed by atoms with van der Waals surface area (Å²) in [6.07, 6.45) is 0.470. The molecule has 0 aliphatic heterocycles. The van der Waals surface area contributed by atoms with E-state index in [2.05, 4.69) is 17.0 Å². The van der Waals surface area contributed by atoms with Crippen LogP contribution in [0.15, 0.2) is 46.9 Å². The lowest BCUT2D eigenvalue weighted by Crippen LogP contribution is -2.31. The largest absolute Gasteiger partial charge is 0.465 e. The highest BCUT2D eigenvalue weighted by Gasteiger charge is 2.13. The van der Waals surface area contributed by atoms with Crippen molar-refractivity contribution in [1.29, 1.82) is 0 Å². The van der Waals surface area contributed by atoms with Gasteiger partial charge in [-0.15, -0.1) is 0 Å². The second-order valence-corrected chi connectivity index (χ2v) is 5.23. The first-order chi connectivity index (χ1) is 9.67. The summed E-state index contributed by atoms with van der Waals surface area (Å²) in [5, 5.41) is 9.92. The molecule has 20 heavy (non-hydrogen) atoms. The van der Waals surface area contributed by atoms with Gasteiger partial charge in [-0.05, 0) is 31.0 Å². The number of aliphatic hydroxyl groups is 1. The van der Waals surface area contributed by atoms with Crippen LogP contribution in [0.5, 0.6) is 0 Å². The quantitative estimate of drug-likeness (QED) is 0.840. The first kappa shape index (κ1) is 14.8. The van der Waals surface area contributed by atoms with Crippen LogP contribution in [-0.4, -0.2) is 22.7 Å². The van der Waals surface area contributed by atoms with Crippen molar-refractivity contribution in [2.75, 3.05) is 6.54 Å². The molecule has 2 aromatic rings. The van der Waals surface area contributed by atoms with Crippen molar-refractivity contribution in [2.24, 2.45) is 0 Å². The highest BCUT2D eigenvalue weighted by molar-refractivity contribution is 5.15. The Bertz CT molecular complexity index is 507. The number of aliphatic hydroxyl groups excluding tert-OH is 1. The average molecular weight is 273 g/mol. The minimum Gasteiger partial charge on any atom is -0.465 e. The van der Waals surface area contributed by atoms with E-state index >= 15 is 0 Å². The summed E-state index contributed by atoms with van der Waals surface area (Å²) < 4.78 is 5.64. The minimum atomic E-state index is -0.297. The molecule has 0 saturated carbocycles. The summed E-state index contributed by atoms with van der Waals surface area (Å²) in [5.41, 5.74) is 1.25. The van der Waals surface area contributed by atoms with Crippen molar-refractivity contribution >= 4 is 0 Å². The van der Waals surface area contributed by atoms with Gasteiger partial charge in [0.1, 0.15) is 11.5 Å². The molecule has 0 spiro atoms. The molecule has 0 aliphatic carbocycles. The van der Waals surface area contributed by atoms with Crippen molar-refractivity contribution in [3.63, 3.8) is 0 Å². The molecule has 0 fully saturated rings. The zero-order chi connectivity index (χ0) is 14.4. The molecule has 0 unspecified atom stereocenters. The van der Waals surface area contributed by atoms with Crippen LogP contribution in [0.3, 0.4) is 0 Å². The number of aryl methyl sites for hydroxylation is 1. The molecule has 1 N–H and O–H groups in total. The minimum absolute atomic E-state index is 0.297. The first-order valence-corrected chi connectivity index (χ1v) is 7.17. The third kappa shape index (κ3) is 4.51. The standard InChI is InChI=1S/C17H23NO2/c1-3-16(19)12-18(11-15-7-5-4-6-8-15)13-17-10-9-14(2)20-17/h4-10,16,19H,3,11-13H2,1-2H3/t16-/m0/s1. The van der Waals surface area contributed by atoms with Gasteiger partial charge in [0.15, 0.2) is 0 Å². The van der Waals surface area contributed by atoms with Gasteiger partial charge >= 0.3 is 0 Å². The fraction of sp³-hybridized carbons (Fsp3) is 0.412. The third-order valence-corrected chi connectivity index (χ3v) is 3.36. The zero-order valence-corrected chi connectivity index (χ0v) is 12.2. The van der Waals surface area contributed by atoms with Gasteiger partial charge in [-0.1, -0.05) is 37.3 Å². The maximum Gasteiger partial charge on any atom is 0.118 e. The van der Waals surface area contributed by atoms with Crippen molar-refractivity contribution in [2.45, 2.75) is 39.5 Å². The van der Waals surface area contributed by atoms with E-state index in [-0.39, 0.29) is 6.10 Å². The van der Waals surface area contributed by atoms with Gasteiger partial charge < -0.3 is 9.52 Å². The Morgan fingerprint density at radius 2 is 1.85 bits per heavy atom. The van der Waals surface area contributed by atoms with Gasteiger partial charge in [-0.3, -0.25) is 4.90 Å². The highest BCUT2D eigenvalue weighted by Crippen LogP contribution is 2.13. The SMILES string of the molecule is CC[C@H](O)CN(Cc1ccccc1)Cc1ccc(C)o1. The van der Waals surface area contributed by atoms with Crippen molar-refractivity contribution in [3.8, 4) is 0 Å². The molecule has 108 valence electrons. The van der Waals surface area contributed by atoms with Crippen LogP contribution in [-0.2, 0) is 13.1 Å². The van der Waals surface area contributed by atoms with Crippen molar-refractivity contribution in [1.82, 2.24) is 4.90 Å². The molecule has 1 heterocycles. The van der Waals surface area contributed by atoms with E-state index in [0.717, 1.165) is 31.0 Å². The molecule has 3 heteroatoms. The normalized spacial score (nSPS) is 12.8. The molecule has 1 atom stereocenters. The van der Waals surface area contributed by atoms with E-state index in [1.54, 1.807) is 0 Å². The molecule has 1 aromatic carbocycles. The topological polar surface area (TPSA) is 36.6 Å². The monoisotopic (exact) mass is 273 g/mol. The van der Waals surface area contributed by atoms with E-state index < -0.39 is 0 Å². The fourth-order valence-corrected chi connectivity index (χ4v) is 2.24. The summed E-state index contributed by atoms with van der Waals surface area (Å²) in [6.45, 7) is 6.15. The predicted molar refractivity (Wildman–Crippen MR) is 80.3 cm³/mol. The van der Waals surface area contributed by atoms with E-state index in [9.17, 15) is 5.11 Å². The second-order valence-electron chi connectivity index (χ2n) is 5.23. The van der Waals surface area contributed by atoms with Gasteiger partial charge in [0.05, 0.1) is 12.6 Å². The average Bonchev–Trinajstić information content (AvgIpc) is 2.85. The molecule has 3 nitrogen and oxygen atoms in total. The van der Waals surface area contributed by atoms with Crippen LogP contribution >= 0.6 is 0 Å². The Kier molecular flexibility index (Phi) is 5.39. The van der Waals surface area contributed by atoms with Crippen LogP contribution in [0.25, 0.3) is 0 Å². The smallest absolute Gasteiger partial charge is 0.118 e. The number of rotatable bonds is 7. The van der Waals surface area contributed by atoms with Crippen LogP contribution < -0.4 is 0 Å². The van der Waals surface area contributed by atoms with Gasteiger partial charge in [0.2, 0.25) is 0 Å².